The van der Waals surface area contributed by atoms with E-state index >= 15 is 0 Å². The van der Waals surface area contributed by atoms with Crippen LogP contribution in [-0.4, -0.2) is 42.1 Å². The zero-order chi connectivity index (χ0) is 15.3. The van der Waals surface area contributed by atoms with Gasteiger partial charge in [-0.1, -0.05) is 19.8 Å². The second-order valence-electron chi connectivity index (χ2n) is 5.72. The van der Waals surface area contributed by atoms with Crippen LogP contribution in [0.25, 0.3) is 0 Å². The summed E-state index contributed by atoms with van der Waals surface area (Å²) in [6.45, 7) is 4.41. The van der Waals surface area contributed by atoms with Crippen molar-refractivity contribution < 1.29 is 8.42 Å². The molecule has 1 saturated heterocycles. The van der Waals surface area contributed by atoms with Gasteiger partial charge in [0.25, 0.3) is 0 Å². The number of hydrogen-bond donors (Lipinski definition) is 1. The molecular formula is C14H26N4O2S. The summed E-state index contributed by atoms with van der Waals surface area (Å²) < 4.78 is 28.5. The first-order valence-corrected chi connectivity index (χ1v) is 9.24. The van der Waals surface area contributed by atoms with Crippen molar-refractivity contribution in [3.63, 3.8) is 0 Å². The Morgan fingerprint density at radius 3 is 2.90 bits per heavy atom. The molecule has 7 heteroatoms. The van der Waals surface area contributed by atoms with Crippen molar-refractivity contribution in [1.29, 1.82) is 0 Å². The van der Waals surface area contributed by atoms with Crippen LogP contribution < -0.4 is 5.73 Å². The van der Waals surface area contributed by atoms with Crippen molar-refractivity contribution in [3.05, 3.63) is 12.4 Å². The molecule has 1 atom stereocenters. The molecule has 2 heterocycles. The SMILES string of the molecule is CCCC1CCCN(S(=O)(=O)c2cnn(CCN)c2)CC1. The van der Waals surface area contributed by atoms with Gasteiger partial charge >= 0.3 is 0 Å². The molecule has 1 aliphatic heterocycles. The fourth-order valence-corrected chi connectivity index (χ4v) is 4.41. The van der Waals surface area contributed by atoms with E-state index in [0.717, 1.165) is 19.3 Å². The molecule has 1 unspecified atom stereocenters. The van der Waals surface area contributed by atoms with Crippen LogP contribution >= 0.6 is 0 Å². The van der Waals surface area contributed by atoms with Gasteiger partial charge in [0.05, 0.1) is 12.7 Å². The van der Waals surface area contributed by atoms with Gasteiger partial charge in [0.1, 0.15) is 4.90 Å². The molecule has 2 rings (SSSR count). The Labute approximate surface area is 127 Å². The third-order valence-electron chi connectivity index (χ3n) is 4.11. The molecule has 0 bridgehead atoms. The lowest BCUT2D eigenvalue weighted by Crippen LogP contribution is -2.32. The van der Waals surface area contributed by atoms with Gasteiger partial charge in [-0.05, 0) is 25.2 Å². The van der Waals surface area contributed by atoms with Crippen LogP contribution in [0.2, 0.25) is 0 Å². The van der Waals surface area contributed by atoms with Gasteiger partial charge in [-0.15, -0.1) is 0 Å². The van der Waals surface area contributed by atoms with Crippen LogP contribution in [0.1, 0.15) is 39.0 Å². The quantitative estimate of drug-likeness (QED) is 0.861. The van der Waals surface area contributed by atoms with Crippen molar-refractivity contribution >= 4 is 10.0 Å². The second kappa shape index (κ2) is 7.38. The number of aromatic nitrogens is 2. The average Bonchev–Trinajstić information content (AvgIpc) is 2.79. The highest BCUT2D eigenvalue weighted by molar-refractivity contribution is 7.89. The summed E-state index contributed by atoms with van der Waals surface area (Å²) in [5, 5.41) is 4.07. The van der Waals surface area contributed by atoms with Crippen LogP contribution in [0.5, 0.6) is 0 Å². The topological polar surface area (TPSA) is 81.2 Å². The minimum Gasteiger partial charge on any atom is -0.329 e. The lowest BCUT2D eigenvalue weighted by atomic mass is 9.96. The van der Waals surface area contributed by atoms with E-state index in [2.05, 4.69) is 12.0 Å². The summed E-state index contributed by atoms with van der Waals surface area (Å²) in [6, 6.07) is 0. The third-order valence-corrected chi connectivity index (χ3v) is 5.96. The molecule has 120 valence electrons. The summed E-state index contributed by atoms with van der Waals surface area (Å²) in [5.41, 5.74) is 5.47. The number of hydrogen-bond acceptors (Lipinski definition) is 4. The van der Waals surface area contributed by atoms with E-state index in [-0.39, 0.29) is 4.90 Å². The first-order valence-electron chi connectivity index (χ1n) is 7.80. The van der Waals surface area contributed by atoms with Crippen LogP contribution in [0.15, 0.2) is 17.3 Å². The van der Waals surface area contributed by atoms with E-state index in [0.29, 0.717) is 32.1 Å². The molecule has 0 radical (unpaired) electrons. The molecule has 0 aliphatic carbocycles. The monoisotopic (exact) mass is 314 g/mol. The van der Waals surface area contributed by atoms with Gasteiger partial charge in [0.2, 0.25) is 10.0 Å². The molecule has 0 saturated carbocycles. The van der Waals surface area contributed by atoms with E-state index in [9.17, 15) is 8.42 Å². The first-order chi connectivity index (χ1) is 10.1. The highest BCUT2D eigenvalue weighted by atomic mass is 32.2. The lowest BCUT2D eigenvalue weighted by Gasteiger charge is -2.19. The van der Waals surface area contributed by atoms with E-state index < -0.39 is 10.0 Å². The molecule has 0 spiro atoms. The minimum absolute atomic E-state index is 0.282. The van der Waals surface area contributed by atoms with Crippen molar-refractivity contribution in [3.8, 4) is 0 Å². The van der Waals surface area contributed by atoms with Crippen molar-refractivity contribution in [2.24, 2.45) is 11.7 Å². The molecule has 0 amide bonds. The maximum absolute atomic E-state index is 12.7. The molecule has 0 aromatic carbocycles. The fraction of sp³-hybridized carbons (Fsp3) is 0.786. The molecule has 1 aliphatic rings. The molecule has 2 N–H and O–H groups in total. The van der Waals surface area contributed by atoms with Gasteiger partial charge in [-0.2, -0.15) is 9.40 Å². The molecule has 1 fully saturated rings. The van der Waals surface area contributed by atoms with Crippen molar-refractivity contribution in [1.82, 2.24) is 14.1 Å². The summed E-state index contributed by atoms with van der Waals surface area (Å²) in [5.74, 6) is 0.662. The number of sulfonamides is 1. The Hall–Kier alpha value is -0.920. The van der Waals surface area contributed by atoms with Gasteiger partial charge in [-0.3, -0.25) is 4.68 Å². The Morgan fingerprint density at radius 1 is 1.38 bits per heavy atom. The Kier molecular flexibility index (Phi) is 5.78. The number of nitrogens with zero attached hydrogens (tertiary/aromatic N) is 3. The highest BCUT2D eigenvalue weighted by Crippen LogP contribution is 2.25. The molecule has 6 nitrogen and oxygen atoms in total. The Morgan fingerprint density at radius 2 is 2.19 bits per heavy atom. The predicted octanol–water partition coefficient (Wildman–Crippen LogP) is 1.43. The molecule has 21 heavy (non-hydrogen) atoms. The van der Waals surface area contributed by atoms with Gasteiger partial charge < -0.3 is 5.73 Å². The normalized spacial score (nSPS) is 21.3. The van der Waals surface area contributed by atoms with E-state index in [4.69, 9.17) is 5.73 Å². The largest absolute Gasteiger partial charge is 0.329 e. The van der Waals surface area contributed by atoms with Crippen molar-refractivity contribution in [2.75, 3.05) is 19.6 Å². The van der Waals surface area contributed by atoms with Crippen molar-refractivity contribution in [2.45, 2.75) is 50.5 Å². The smallest absolute Gasteiger partial charge is 0.246 e. The summed E-state index contributed by atoms with van der Waals surface area (Å²) in [6.07, 6.45) is 8.42. The second-order valence-corrected chi connectivity index (χ2v) is 7.66. The maximum Gasteiger partial charge on any atom is 0.246 e. The van der Waals surface area contributed by atoms with E-state index in [1.165, 1.54) is 19.0 Å². The first kappa shape index (κ1) is 16.5. The van der Waals surface area contributed by atoms with Crippen LogP contribution in [0, 0.1) is 5.92 Å². The summed E-state index contributed by atoms with van der Waals surface area (Å²) in [4.78, 5) is 0.282. The van der Waals surface area contributed by atoms with Gasteiger partial charge in [-0.25, -0.2) is 8.42 Å². The summed E-state index contributed by atoms with van der Waals surface area (Å²) >= 11 is 0. The maximum atomic E-state index is 12.7. The predicted molar refractivity (Wildman–Crippen MR) is 82.3 cm³/mol. The Balaban J connectivity index is 2.07. The zero-order valence-corrected chi connectivity index (χ0v) is 13.6. The fourth-order valence-electron chi connectivity index (χ4n) is 2.96. The number of rotatable bonds is 6. The Bertz CT molecular complexity index is 541. The highest BCUT2D eigenvalue weighted by Gasteiger charge is 2.28. The van der Waals surface area contributed by atoms with E-state index in [1.54, 1.807) is 15.2 Å². The molecule has 1 aromatic rings. The molecular weight excluding hydrogens is 288 g/mol. The standard InChI is InChI=1S/C14H26N4O2S/c1-2-4-13-5-3-8-18(9-6-13)21(19,20)14-11-16-17(12-14)10-7-15/h11-13H,2-10,15H2,1H3. The van der Waals surface area contributed by atoms with Gasteiger partial charge in [0.15, 0.2) is 0 Å². The van der Waals surface area contributed by atoms with Crippen LogP contribution in [0.4, 0.5) is 0 Å². The lowest BCUT2D eigenvalue weighted by molar-refractivity contribution is 0.400. The third kappa shape index (κ3) is 4.05. The van der Waals surface area contributed by atoms with E-state index in [1.807, 2.05) is 0 Å². The summed E-state index contributed by atoms with van der Waals surface area (Å²) in [7, 11) is -3.41. The zero-order valence-electron chi connectivity index (χ0n) is 12.7. The van der Waals surface area contributed by atoms with Gasteiger partial charge in [0, 0.05) is 25.8 Å². The minimum atomic E-state index is -3.41. The van der Waals surface area contributed by atoms with Crippen LogP contribution in [0.3, 0.4) is 0 Å². The number of nitrogens with two attached hydrogens (primary N) is 1. The molecule has 1 aromatic heterocycles. The van der Waals surface area contributed by atoms with Crippen LogP contribution in [-0.2, 0) is 16.6 Å². The average molecular weight is 314 g/mol.